The van der Waals surface area contributed by atoms with Crippen molar-refractivity contribution in [2.24, 2.45) is 0 Å². The Balaban J connectivity index is 2.35. The molecule has 0 saturated carbocycles. The van der Waals surface area contributed by atoms with E-state index >= 15 is 0 Å². The monoisotopic (exact) mass is 323 g/mol. The molecule has 116 valence electrons. The summed E-state index contributed by atoms with van der Waals surface area (Å²) in [6.45, 7) is 1.39. The molecule has 0 unspecified atom stereocenters. The van der Waals surface area contributed by atoms with Crippen LogP contribution in [0.4, 0.5) is 10.1 Å². The Labute approximate surface area is 127 Å². The lowest BCUT2D eigenvalue weighted by Crippen LogP contribution is -2.13. The van der Waals surface area contributed by atoms with Crippen LogP contribution in [0, 0.1) is 5.82 Å². The molecule has 2 rings (SSSR count). The molecule has 0 aliphatic rings. The number of nitrogens with one attached hydrogen (secondary N) is 1. The molecule has 0 amide bonds. The molecule has 0 aliphatic carbocycles. The van der Waals surface area contributed by atoms with Crippen LogP contribution >= 0.6 is 0 Å². The van der Waals surface area contributed by atoms with Crippen LogP contribution in [0.5, 0.6) is 5.75 Å². The lowest BCUT2D eigenvalue weighted by molar-refractivity contribution is 0.101. The zero-order chi connectivity index (χ0) is 16.3. The van der Waals surface area contributed by atoms with E-state index in [1.807, 2.05) is 0 Å². The van der Waals surface area contributed by atoms with Gasteiger partial charge in [-0.25, -0.2) is 12.8 Å². The first-order valence-corrected chi connectivity index (χ1v) is 7.79. The molecular formula is C15H14FNO4S. The first-order valence-electron chi connectivity index (χ1n) is 6.31. The number of hydrogen-bond acceptors (Lipinski definition) is 4. The van der Waals surface area contributed by atoms with Crippen LogP contribution in [0.2, 0.25) is 0 Å². The Hall–Kier alpha value is -2.41. The van der Waals surface area contributed by atoms with Gasteiger partial charge in [0, 0.05) is 17.3 Å². The Morgan fingerprint density at radius 3 is 2.55 bits per heavy atom. The maximum absolute atomic E-state index is 13.3. The normalized spacial score (nSPS) is 11.0. The lowest BCUT2D eigenvalue weighted by Gasteiger charge is -2.10. The summed E-state index contributed by atoms with van der Waals surface area (Å²) in [5.74, 6) is -0.995. The Morgan fingerprint density at radius 1 is 1.18 bits per heavy atom. The fraction of sp³-hybridized carbons (Fsp3) is 0.133. The van der Waals surface area contributed by atoms with Crippen molar-refractivity contribution < 1.29 is 22.3 Å². The lowest BCUT2D eigenvalue weighted by atomic mass is 10.1. The van der Waals surface area contributed by atoms with Gasteiger partial charge in [-0.05, 0) is 31.2 Å². The molecular weight excluding hydrogens is 309 g/mol. The van der Waals surface area contributed by atoms with Crippen LogP contribution < -0.4 is 9.46 Å². The summed E-state index contributed by atoms with van der Waals surface area (Å²) in [4.78, 5) is 11.2. The molecule has 2 aromatic carbocycles. The van der Waals surface area contributed by atoms with Gasteiger partial charge in [0.15, 0.2) is 17.3 Å². The smallest absolute Gasteiger partial charge is 0.262 e. The Bertz CT molecular complexity index is 818. The summed E-state index contributed by atoms with van der Waals surface area (Å²) in [7, 11) is -2.66. The number of halogens is 1. The van der Waals surface area contributed by atoms with Gasteiger partial charge < -0.3 is 4.74 Å². The minimum absolute atomic E-state index is 0.140. The standard InChI is InChI=1S/C15H14FNO4S/c1-10(18)11-4-3-5-12(8-11)17-22(19,20)13-6-7-14(16)15(9-13)21-2/h3-9,17H,1-2H3. The first-order chi connectivity index (χ1) is 10.3. The van der Waals surface area contributed by atoms with Gasteiger partial charge in [0.05, 0.1) is 12.0 Å². The third-order valence-electron chi connectivity index (χ3n) is 2.95. The minimum Gasteiger partial charge on any atom is -0.494 e. The number of carbonyl (C=O) groups excluding carboxylic acids is 1. The van der Waals surface area contributed by atoms with Crippen molar-refractivity contribution in [3.05, 3.63) is 53.8 Å². The topological polar surface area (TPSA) is 72.5 Å². The highest BCUT2D eigenvalue weighted by atomic mass is 32.2. The second-order valence-corrected chi connectivity index (χ2v) is 6.22. The van der Waals surface area contributed by atoms with Gasteiger partial charge in [0.2, 0.25) is 0 Å². The number of benzene rings is 2. The molecule has 0 aromatic heterocycles. The van der Waals surface area contributed by atoms with E-state index in [0.29, 0.717) is 5.56 Å². The van der Waals surface area contributed by atoms with Crippen LogP contribution in [-0.2, 0) is 10.0 Å². The molecule has 0 fully saturated rings. The first kappa shape index (κ1) is 16.0. The minimum atomic E-state index is -3.91. The van der Waals surface area contributed by atoms with Gasteiger partial charge in [-0.15, -0.1) is 0 Å². The average Bonchev–Trinajstić information content (AvgIpc) is 2.47. The predicted octanol–water partition coefficient (Wildman–Crippen LogP) is 2.84. The quantitative estimate of drug-likeness (QED) is 0.859. The number of carbonyl (C=O) groups is 1. The molecule has 1 N–H and O–H groups in total. The van der Waals surface area contributed by atoms with Crippen molar-refractivity contribution >= 4 is 21.5 Å². The van der Waals surface area contributed by atoms with Gasteiger partial charge in [-0.2, -0.15) is 0 Å². The highest BCUT2D eigenvalue weighted by Gasteiger charge is 2.17. The largest absolute Gasteiger partial charge is 0.494 e. The number of rotatable bonds is 5. The number of Topliss-reactive ketones (excluding diaryl/α,β-unsaturated/α-hetero) is 1. The molecule has 0 saturated heterocycles. The van der Waals surface area contributed by atoms with E-state index in [4.69, 9.17) is 4.74 Å². The highest BCUT2D eigenvalue weighted by Crippen LogP contribution is 2.23. The molecule has 5 nitrogen and oxygen atoms in total. The third-order valence-corrected chi connectivity index (χ3v) is 4.33. The SMILES string of the molecule is COc1cc(S(=O)(=O)Nc2cccc(C(C)=O)c2)ccc1F. The van der Waals surface area contributed by atoms with E-state index in [0.717, 1.165) is 18.2 Å². The molecule has 0 aliphatic heterocycles. The van der Waals surface area contributed by atoms with Gasteiger partial charge in [0.1, 0.15) is 0 Å². The fourth-order valence-electron chi connectivity index (χ4n) is 1.82. The molecule has 0 heterocycles. The highest BCUT2D eigenvalue weighted by molar-refractivity contribution is 7.92. The second kappa shape index (κ2) is 6.15. The average molecular weight is 323 g/mol. The fourth-order valence-corrected chi connectivity index (χ4v) is 2.89. The van der Waals surface area contributed by atoms with E-state index < -0.39 is 15.8 Å². The second-order valence-electron chi connectivity index (χ2n) is 4.54. The number of methoxy groups -OCH3 is 1. The number of ether oxygens (including phenoxy) is 1. The number of anilines is 1. The van der Waals surface area contributed by atoms with Gasteiger partial charge in [-0.3, -0.25) is 9.52 Å². The van der Waals surface area contributed by atoms with E-state index in [2.05, 4.69) is 4.72 Å². The van der Waals surface area contributed by atoms with Crippen LogP contribution in [0.15, 0.2) is 47.4 Å². The van der Waals surface area contributed by atoms with Crippen molar-refractivity contribution in [1.82, 2.24) is 0 Å². The summed E-state index contributed by atoms with van der Waals surface area (Å²) in [6.07, 6.45) is 0. The zero-order valence-corrected chi connectivity index (χ0v) is 12.8. The molecule has 7 heteroatoms. The third kappa shape index (κ3) is 3.43. The van der Waals surface area contributed by atoms with Crippen molar-refractivity contribution in [3.8, 4) is 5.75 Å². The van der Waals surface area contributed by atoms with E-state index in [1.165, 1.54) is 26.2 Å². The molecule has 0 atom stereocenters. The molecule has 0 radical (unpaired) electrons. The van der Waals surface area contributed by atoms with Crippen LogP contribution in [0.1, 0.15) is 17.3 Å². The predicted molar refractivity (Wildman–Crippen MR) is 80.2 cm³/mol. The van der Waals surface area contributed by atoms with Crippen LogP contribution in [0.25, 0.3) is 0 Å². The maximum Gasteiger partial charge on any atom is 0.262 e. The Morgan fingerprint density at radius 2 is 1.91 bits per heavy atom. The summed E-state index contributed by atoms with van der Waals surface area (Å²) < 4.78 is 45.0. The number of hydrogen-bond donors (Lipinski definition) is 1. The van der Waals surface area contributed by atoms with E-state index in [1.54, 1.807) is 12.1 Å². The van der Waals surface area contributed by atoms with Gasteiger partial charge in [0.25, 0.3) is 10.0 Å². The summed E-state index contributed by atoms with van der Waals surface area (Å²) >= 11 is 0. The maximum atomic E-state index is 13.3. The summed E-state index contributed by atoms with van der Waals surface area (Å²) in [6, 6.07) is 9.34. The summed E-state index contributed by atoms with van der Waals surface area (Å²) in [5, 5.41) is 0. The number of ketones is 1. The van der Waals surface area contributed by atoms with E-state index in [9.17, 15) is 17.6 Å². The van der Waals surface area contributed by atoms with Crippen LogP contribution in [0.3, 0.4) is 0 Å². The van der Waals surface area contributed by atoms with Gasteiger partial charge in [-0.1, -0.05) is 12.1 Å². The van der Waals surface area contributed by atoms with Crippen LogP contribution in [-0.4, -0.2) is 21.3 Å². The number of sulfonamides is 1. The Kier molecular flexibility index (Phi) is 4.46. The van der Waals surface area contributed by atoms with Gasteiger partial charge >= 0.3 is 0 Å². The molecule has 2 aromatic rings. The van der Waals surface area contributed by atoms with Crippen molar-refractivity contribution in [1.29, 1.82) is 0 Å². The zero-order valence-electron chi connectivity index (χ0n) is 12.0. The van der Waals surface area contributed by atoms with Crippen molar-refractivity contribution in [2.45, 2.75) is 11.8 Å². The molecule has 22 heavy (non-hydrogen) atoms. The molecule has 0 bridgehead atoms. The van der Waals surface area contributed by atoms with Crippen molar-refractivity contribution in [2.75, 3.05) is 11.8 Å². The van der Waals surface area contributed by atoms with Crippen molar-refractivity contribution in [3.63, 3.8) is 0 Å². The van der Waals surface area contributed by atoms with E-state index in [-0.39, 0.29) is 22.1 Å². The summed E-state index contributed by atoms with van der Waals surface area (Å²) in [5.41, 5.74) is 0.632. The molecule has 0 spiro atoms.